The summed E-state index contributed by atoms with van der Waals surface area (Å²) in [7, 11) is 3.60. The molecule has 2 aliphatic rings. The predicted octanol–water partition coefficient (Wildman–Crippen LogP) is 3.07. The molecule has 2 aromatic carbocycles. The van der Waals surface area contributed by atoms with Crippen molar-refractivity contribution < 1.29 is 24.2 Å². The van der Waals surface area contributed by atoms with E-state index in [4.69, 9.17) is 4.74 Å². The van der Waals surface area contributed by atoms with Crippen molar-refractivity contribution in [3.05, 3.63) is 59.7 Å². The number of carboxylic acid groups (broad SMARTS) is 1. The molecule has 2 amide bonds. The van der Waals surface area contributed by atoms with Gasteiger partial charge in [0, 0.05) is 19.0 Å². The van der Waals surface area contributed by atoms with Crippen LogP contribution in [0.2, 0.25) is 0 Å². The topological polar surface area (TPSA) is 108 Å². The Morgan fingerprint density at radius 2 is 1.63 bits per heavy atom. The smallest absolute Gasteiger partial charge is 0.407 e. The zero-order valence-corrected chi connectivity index (χ0v) is 20.2. The van der Waals surface area contributed by atoms with Gasteiger partial charge < -0.3 is 25.4 Å². The van der Waals surface area contributed by atoms with Gasteiger partial charge in [-0.05, 0) is 55.1 Å². The minimum atomic E-state index is -0.899. The average Bonchev–Trinajstić information content (AvgIpc) is 3.11. The van der Waals surface area contributed by atoms with Crippen molar-refractivity contribution in [2.75, 3.05) is 33.8 Å². The Bertz CT molecular complexity index is 1040. The van der Waals surface area contributed by atoms with E-state index >= 15 is 0 Å². The molecule has 2 aliphatic carbocycles. The number of hydrogen-bond acceptors (Lipinski definition) is 5. The molecule has 0 aromatic heterocycles. The highest BCUT2D eigenvalue weighted by Crippen LogP contribution is 2.44. The second kappa shape index (κ2) is 10.9. The molecule has 0 aliphatic heterocycles. The number of alkyl carbamates (subject to hydrolysis) is 1. The van der Waals surface area contributed by atoms with E-state index in [9.17, 15) is 19.5 Å². The Morgan fingerprint density at radius 3 is 2.14 bits per heavy atom. The number of rotatable bonds is 10. The van der Waals surface area contributed by atoms with E-state index in [2.05, 4.69) is 22.8 Å². The molecule has 0 bridgehead atoms. The number of ether oxygens (including phenoxy) is 1. The molecule has 1 unspecified atom stereocenters. The van der Waals surface area contributed by atoms with Gasteiger partial charge in [0.25, 0.3) is 0 Å². The average molecular weight is 480 g/mol. The number of hydrogen-bond donors (Lipinski definition) is 3. The van der Waals surface area contributed by atoms with Crippen LogP contribution >= 0.6 is 0 Å². The second-order valence-corrected chi connectivity index (χ2v) is 9.67. The summed E-state index contributed by atoms with van der Waals surface area (Å²) in [6.45, 7) is 0.464. The minimum absolute atomic E-state index is 0.0507. The summed E-state index contributed by atoms with van der Waals surface area (Å²) in [5.41, 5.74) is 4.50. The predicted molar refractivity (Wildman–Crippen MR) is 132 cm³/mol. The van der Waals surface area contributed by atoms with Crippen LogP contribution < -0.4 is 10.6 Å². The van der Waals surface area contributed by atoms with Crippen LogP contribution in [0.4, 0.5) is 4.79 Å². The fraction of sp³-hybridized carbons (Fsp3) is 0.444. The molecule has 1 fully saturated rings. The first kappa shape index (κ1) is 24.7. The third-order valence-corrected chi connectivity index (χ3v) is 7.03. The van der Waals surface area contributed by atoms with E-state index in [-0.39, 0.29) is 31.5 Å². The summed E-state index contributed by atoms with van der Waals surface area (Å²) in [6, 6.07) is 15.3. The zero-order valence-electron chi connectivity index (χ0n) is 20.2. The standard InChI is InChI=1S/C27H33N3O5/c1-30(2)15-24(25(31)28-14-22(26(32)33)17-8-7-9-17)29-27(34)35-16-23-20-12-5-3-10-18(20)19-11-4-6-13-21(19)23/h3-6,10-13,17,22-24H,7-9,14-16H2,1-2H3,(H,28,31)(H,29,34)(H,32,33)/t22?,24-/m0/s1. The van der Waals surface area contributed by atoms with Gasteiger partial charge in [0.15, 0.2) is 0 Å². The number of benzene rings is 2. The minimum Gasteiger partial charge on any atom is -0.481 e. The first-order valence-corrected chi connectivity index (χ1v) is 12.1. The van der Waals surface area contributed by atoms with Gasteiger partial charge in [-0.1, -0.05) is 55.0 Å². The highest BCUT2D eigenvalue weighted by atomic mass is 16.5. The molecule has 0 radical (unpaired) electrons. The van der Waals surface area contributed by atoms with Gasteiger partial charge in [0.05, 0.1) is 5.92 Å². The van der Waals surface area contributed by atoms with E-state index in [1.807, 2.05) is 36.4 Å². The van der Waals surface area contributed by atoms with Crippen molar-refractivity contribution in [2.24, 2.45) is 11.8 Å². The molecular weight excluding hydrogens is 446 g/mol. The maximum absolute atomic E-state index is 12.9. The van der Waals surface area contributed by atoms with Crippen LogP contribution in [0.3, 0.4) is 0 Å². The summed E-state index contributed by atoms with van der Waals surface area (Å²) in [5, 5.41) is 14.9. The van der Waals surface area contributed by atoms with Crippen LogP contribution in [0, 0.1) is 11.8 Å². The number of carbonyl (C=O) groups excluding carboxylic acids is 2. The molecule has 186 valence electrons. The lowest BCUT2D eigenvalue weighted by atomic mass is 9.76. The van der Waals surface area contributed by atoms with Gasteiger partial charge in [0.2, 0.25) is 5.91 Å². The molecule has 0 spiro atoms. The van der Waals surface area contributed by atoms with Crippen molar-refractivity contribution in [1.29, 1.82) is 0 Å². The summed E-state index contributed by atoms with van der Waals surface area (Å²) in [4.78, 5) is 39.0. The van der Waals surface area contributed by atoms with E-state index in [0.29, 0.717) is 0 Å². The largest absolute Gasteiger partial charge is 0.481 e. The monoisotopic (exact) mass is 479 g/mol. The van der Waals surface area contributed by atoms with Crippen molar-refractivity contribution >= 4 is 18.0 Å². The Labute approximate surface area is 205 Å². The lowest BCUT2D eigenvalue weighted by molar-refractivity contribution is -0.144. The Morgan fingerprint density at radius 1 is 1.03 bits per heavy atom. The number of carbonyl (C=O) groups is 3. The molecule has 8 heteroatoms. The van der Waals surface area contributed by atoms with Gasteiger partial charge in [0.1, 0.15) is 12.6 Å². The highest BCUT2D eigenvalue weighted by molar-refractivity contribution is 5.86. The van der Waals surface area contributed by atoms with Crippen LogP contribution in [0.1, 0.15) is 36.3 Å². The zero-order chi connectivity index (χ0) is 24.9. The number of aliphatic carboxylic acids is 1. The normalized spacial score (nSPS) is 16.5. The summed E-state index contributed by atoms with van der Waals surface area (Å²) >= 11 is 0. The first-order chi connectivity index (χ1) is 16.8. The maximum atomic E-state index is 12.9. The van der Waals surface area contributed by atoms with Crippen molar-refractivity contribution in [3.8, 4) is 11.1 Å². The van der Waals surface area contributed by atoms with Crippen LogP contribution in [0.5, 0.6) is 0 Å². The molecular formula is C27H33N3O5. The maximum Gasteiger partial charge on any atom is 0.407 e. The van der Waals surface area contributed by atoms with Crippen molar-refractivity contribution in [2.45, 2.75) is 31.2 Å². The van der Waals surface area contributed by atoms with Crippen LogP contribution in [0.15, 0.2) is 48.5 Å². The molecule has 0 heterocycles. The SMILES string of the molecule is CN(C)C[C@H](NC(=O)OCC1c2ccccc2-c2ccccc21)C(=O)NCC(C(=O)O)C1CCC1. The first-order valence-electron chi connectivity index (χ1n) is 12.1. The van der Waals surface area contributed by atoms with E-state index in [1.54, 1.807) is 19.0 Å². The molecule has 8 nitrogen and oxygen atoms in total. The number of nitrogens with zero attached hydrogens (tertiary/aromatic N) is 1. The molecule has 2 aromatic rings. The van der Waals surface area contributed by atoms with Crippen LogP contribution in [-0.4, -0.2) is 67.8 Å². The summed E-state index contributed by atoms with van der Waals surface area (Å²) < 4.78 is 5.59. The summed E-state index contributed by atoms with van der Waals surface area (Å²) in [6.07, 6.45) is 2.08. The Hall–Kier alpha value is -3.39. The quantitative estimate of drug-likeness (QED) is 0.483. The van der Waals surface area contributed by atoms with Gasteiger partial charge in [-0.2, -0.15) is 0 Å². The lowest BCUT2D eigenvalue weighted by Gasteiger charge is -2.31. The van der Waals surface area contributed by atoms with Gasteiger partial charge >= 0.3 is 12.1 Å². The number of fused-ring (bicyclic) bond motifs is 3. The highest BCUT2D eigenvalue weighted by Gasteiger charge is 2.34. The van der Waals surface area contributed by atoms with Gasteiger partial charge in [-0.25, -0.2) is 4.79 Å². The van der Waals surface area contributed by atoms with Gasteiger partial charge in [-0.15, -0.1) is 0 Å². The van der Waals surface area contributed by atoms with Crippen LogP contribution in [0.25, 0.3) is 11.1 Å². The van der Waals surface area contributed by atoms with E-state index in [0.717, 1.165) is 41.5 Å². The Balaban J connectivity index is 1.36. The molecule has 1 saturated carbocycles. The van der Waals surface area contributed by atoms with E-state index in [1.165, 1.54) is 0 Å². The van der Waals surface area contributed by atoms with Crippen molar-refractivity contribution in [3.63, 3.8) is 0 Å². The van der Waals surface area contributed by atoms with Crippen molar-refractivity contribution in [1.82, 2.24) is 15.5 Å². The third kappa shape index (κ3) is 5.65. The number of nitrogens with one attached hydrogen (secondary N) is 2. The lowest BCUT2D eigenvalue weighted by Crippen LogP contribution is -2.53. The third-order valence-electron chi connectivity index (χ3n) is 7.03. The molecule has 0 saturated heterocycles. The molecule has 4 rings (SSSR count). The Kier molecular flexibility index (Phi) is 7.70. The fourth-order valence-electron chi connectivity index (χ4n) is 4.97. The van der Waals surface area contributed by atoms with E-state index < -0.39 is 29.9 Å². The van der Waals surface area contributed by atoms with Crippen LogP contribution in [-0.2, 0) is 14.3 Å². The molecule has 2 atom stereocenters. The molecule has 3 N–H and O–H groups in total. The second-order valence-electron chi connectivity index (χ2n) is 9.67. The van der Waals surface area contributed by atoms with Gasteiger partial charge in [-0.3, -0.25) is 9.59 Å². The summed E-state index contributed by atoms with van der Waals surface area (Å²) in [5.74, 6) is -1.91. The number of likely N-dealkylation sites (N-methyl/N-ethyl adjacent to an activating group) is 1. The fourth-order valence-corrected chi connectivity index (χ4v) is 4.97. The number of carboxylic acids is 1. The molecule has 35 heavy (non-hydrogen) atoms. The number of amides is 2.